The summed E-state index contributed by atoms with van der Waals surface area (Å²) in [5, 5.41) is 20.9. The van der Waals surface area contributed by atoms with Crippen LogP contribution in [-0.4, -0.2) is 57.1 Å². The molecular weight excluding hydrogens is 432 g/mol. The van der Waals surface area contributed by atoms with E-state index in [1.54, 1.807) is 12.1 Å². The Balaban J connectivity index is 1.54. The molecule has 34 heavy (non-hydrogen) atoms. The average Bonchev–Trinajstić information content (AvgIpc) is 3.17. The quantitative estimate of drug-likeness (QED) is 0.180. The molecule has 0 bridgehead atoms. The lowest BCUT2D eigenvalue weighted by atomic mass is 10.1. The Kier molecular flexibility index (Phi) is 5.72. The summed E-state index contributed by atoms with van der Waals surface area (Å²) in [7, 11) is 1.95. The minimum atomic E-state index is 0.0614. The number of nitrogens with two attached hydrogens (primary N) is 1. The number of rotatable bonds is 5. The molecule has 0 aliphatic carbocycles. The average molecular weight is 459 g/mol. The Hall–Kier alpha value is -4.18. The molecule has 0 spiro atoms. The first kappa shape index (κ1) is 21.7. The zero-order valence-corrected chi connectivity index (χ0v) is 19.1. The first-order valence-electron chi connectivity index (χ1n) is 11.0. The highest BCUT2D eigenvalue weighted by atomic mass is 16.5. The number of hydrogen-bond acceptors (Lipinski definition) is 8. The molecule has 0 unspecified atom stereocenters. The van der Waals surface area contributed by atoms with E-state index in [4.69, 9.17) is 25.6 Å². The van der Waals surface area contributed by atoms with Gasteiger partial charge in [0, 0.05) is 48.4 Å². The third kappa shape index (κ3) is 4.23. The van der Waals surface area contributed by atoms with Gasteiger partial charge in [-0.3, -0.25) is 4.68 Å². The Morgan fingerprint density at radius 3 is 2.59 bits per heavy atom. The van der Waals surface area contributed by atoms with Crippen LogP contribution in [0, 0.1) is 6.92 Å². The fourth-order valence-electron chi connectivity index (χ4n) is 4.08. The third-order valence-electron chi connectivity index (χ3n) is 5.90. The van der Waals surface area contributed by atoms with Crippen molar-refractivity contribution in [3.8, 4) is 11.3 Å². The summed E-state index contributed by atoms with van der Waals surface area (Å²) < 4.78 is 7.39. The van der Waals surface area contributed by atoms with Crippen LogP contribution in [0.2, 0.25) is 0 Å². The van der Waals surface area contributed by atoms with Crippen LogP contribution in [-0.2, 0) is 11.8 Å². The fourth-order valence-corrected chi connectivity index (χ4v) is 4.08. The number of hydrogen-bond donors (Lipinski definition) is 3. The van der Waals surface area contributed by atoms with Crippen molar-refractivity contribution in [2.24, 2.45) is 17.9 Å². The van der Waals surface area contributed by atoms with Crippen molar-refractivity contribution in [1.29, 1.82) is 0 Å². The van der Waals surface area contributed by atoms with E-state index in [-0.39, 0.29) is 5.84 Å². The minimum Gasteiger partial charge on any atom is -0.409 e. The van der Waals surface area contributed by atoms with Gasteiger partial charge in [-0.25, -0.2) is 4.98 Å². The van der Waals surface area contributed by atoms with Crippen LogP contribution < -0.4 is 16.0 Å². The summed E-state index contributed by atoms with van der Waals surface area (Å²) in [6.45, 7) is 4.77. The molecule has 0 atom stereocenters. The number of nitrogens with one attached hydrogen (secondary N) is 1. The number of anilines is 3. The summed E-state index contributed by atoms with van der Waals surface area (Å²) in [4.78, 5) is 11.8. The molecule has 10 nitrogen and oxygen atoms in total. The van der Waals surface area contributed by atoms with E-state index in [9.17, 15) is 0 Å². The van der Waals surface area contributed by atoms with E-state index < -0.39 is 0 Å². The summed E-state index contributed by atoms with van der Waals surface area (Å²) in [5.74, 6) is 1.38. The number of amidine groups is 1. The second-order valence-electron chi connectivity index (χ2n) is 8.17. The maximum atomic E-state index is 8.88. The lowest BCUT2D eigenvalue weighted by molar-refractivity contribution is 0.122. The predicted octanol–water partition coefficient (Wildman–Crippen LogP) is 3.01. The smallest absolute Gasteiger partial charge is 0.228 e. The number of nitrogens with zero attached hydrogens (tertiary/aromatic N) is 6. The second-order valence-corrected chi connectivity index (χ2v) is 8.17. The topological polar surface area (TPSA) is 127 Å². The fraction of sp³-hybridized carbons (Fsp3) is 0.250. The molecule has 174 valence electrons. The molecule has 0 amide bonds. The highest BCUT2D eigenvalue weighted by molar-refractivity contribution is 5.97. The Morgan fingerprint density at radius 1 is 1.09 bits per heavy atom. The highest BCUT2D eigenvalue weighted by Crippen LogP contribution is 2.29. The summed E-state index contributed by atoms with van der Waals surface area (Å²) in [6, 6.07) is 15.5. The Labute approximate surface area is 196 Å². The van der Waals surface area contributed by atoms with E-state index >= 15 is 0 Å². The maximum absolute atomic E-state index is 8.88. The van der Waals surface area contributed by atoms with Crippen LogP contribution in [0.3, 0.4) is 0 Å². The summed E-state index contributed by atoms with van der Waals surface area (Å²) >= 11 is 0. The van der Waals surface area contributed by atoms with Gasteiger partial charge in [-0.15, -0.1) is 0 Å². The standard InChI is InChI=1S/C24H26N8O2/c1-15-19-8-5-17(13-21(19)31(2)29-15)20-14-22(28-24(27-20)32-9-11-34-12-10-32)26-18-6-3-16(4-7-18)23(25)30-33/h3-8,13-14,33H,9-12H2,1-2H3,(H2,25,30)(H,26,27,28). The van der Waals surface area contributed by atoms with Gasteiger partial charge >= 0.3 is 0 Å². The van der Waals surface area contributed by atoms with Gasteiger partial charge in [-0.2, -0.15) is 10.1 Å². The van der Waals surface area contributed by atoms with Crippen LogP contribution in [0.15, 0.2) is 53.7 Å². The second kappa shape index (κ2) is 8.99. The zero-order valence-electron chi connectivity index (χ0n) is 19.1. The molecule has 10 heteroatoms. The van der Waals surface area contributed by atoms with Crippen LogP contribution in [0.25, 0.3) is 22.2 Å². The van der Waals surface area contributed by atoms with Gasteiger partial charge in [-0.05, 0) is 37.3 Å². The van der Waals surface area contributed by atoms with E-state index in [0.717, 1.165) is 46.6 Å². The molecule has 1 aliphatic rings. The molecule has 2 aromatic carbocycles. The van der Waals surface area contributed by atoms with Crippen molar-refractivity contribution in [2.45, 2.75) is 6.92 Å². The molecule has 3 heterocycles. The van der Waals surface area contributed by atoms with Gasteiger partial charge in [-0.1, -0.05) is 17.3 Å². The molecule has 1 fully saturated rings. The molecule has 2 aromatic heterocycles. The summed E-state index contributed by atoms with van der Waals surface area (Å²) in [5.41, 5.74) is 11.0. The number of aryl methyl sites for hydroxylation is 2. The number of morpholine rings is 1. The third-order valence-corrected chi connectivity index (χ3v) is 5.90. The maximum Gasteiger partial charge on any atom is 0.228 e. The zero-order chi connectivity index (χ0) is 23.7. The van der Waals surface area contributed by atoms with Crippen molar-refractivity contribution < 1.29 is 9.94 Å². The number of oxime groups is 1. The van der Waals surface area contributed by atoms with E-state index in [0.29, 0.717) is 30.5 Å². The number of fused-ring (bicyclic) bond motifs is 1. The van der Waals surface area contributed by atoms with Crippen molar-refractivity contribution in [3.63, 3.8) is 0 Å². The molecular formula is C24H26N8O2. The lowest BCUT2D eigenvalue weighted by Gasteiger charge is -2.27. The number of ether oxygens (including phenoxy) is 1. The van der Waals surface area contributed by atoms with Crippen LogP contribution >= 0.6 is 0 Å². The van der Waals surface area contributed by atoms with Gasteiger partial charge in [0.2, 0.25) is 5.95 Å². The SMILES string of the molecule is Cc1nn(C)c2cc(-c3cc(Nc4ccc(/C(N)=N/O)cc4)nc(N4CCOCC4)n3)ccc12. The van der Waals surface area contributed by atoms with Gasteiger partial charge < -0.3 is 25.9 Å². The monoisotopic (exact) mass is 458 g/mol. The highest BCUT2D eigenvalue weighted by Gasteiger charge is 2.17. The van der Waals surface area contributed by atoms with E-state index in [2.05, 4.69) is 38.7 Å². The molecule has 1 saturated heterocycles. The van der Waals surface area contributed by atoms with Gasteiger partial charge in [0.05, 0.1) is 30.1 Å². The van der Waals surface area contributed by atoms with Crippen LogP contribution in [0.5, 0.6) is 0 Å². The molecule has 5 rings (SSSR count). The van der Waals surface area contributed by atoms with E-state index in [1.165, 1.54) is 0 Å². The van der Waals surface area contributed by atoms with Gasteiger partial charge in [0.1, 0.15) is 5.82 Å². The molecule has 4 N–H and O–H groups in total. The number of benzene rings is 2. The molecule has 1 aliphatic heterocycles. The first-order valence-corrected chi connectivity index (χ1v) is 11.0. The van der Waals surface area contributed by atoms with Crippen molar-refractivity contribution in [1.82, 2.24) is 19.7 Å². The van der Waals surface area contributed by atoms with Crippen LogP contribution in [0.1, 0.15) is 11.3 Å². The van der Waals surface area contributed by atoms with Crippen molar-refractivity contribution in [3.05, 3.63) is 59.8 Å². The van der Waals surface area contributed by atoms with Crippen molar-refractivity contribution in [2.75, 3.05) is 36.5 Å². The minimum absolute atomic E-state index is 0.0614. The molecule has 0 saturated carbocycles. The van der Waals surface area contributed by atoms with Gasteiger partial charge in [0.15, 0.2) is 5.84 Å². The number of aromatic nitrogens is 4. The van der Waals surface area contributed by atoms with Gasteiger partial charge in [0.25, 0.3) is 0 Å². The largest absolute Gasteiger partial charge is 0.409 e. The molecule has 0 radical (unpaired) electrons. The normalized spacial score (nSPS) is 14.5. The van der Waals surface area contributed by atoms with Crippen molar-refractivity contribution >= 4 is 34.2 Å². The Morgan fingerprint density at radius 2 is 1.85 bits per heavy atom. The molecule has 4 aromatic rings. The lowest BCUT2D eigenvalue weighted by Crippen LogP contribution is -2.37. The summed E-state index contributed by atoms with van der Waals surface area (Å²) in [6.07, 6.45) is 0. The van der Waals surface area contributed by atoms with Crippen LogP contribution in [0.4, 0.5) is 17.5 Å². The predicted molar refractivity (Wildman–Crippen MR) is 132 cm³/mol. The Bertz CT molecular complexity index is 1360. The van der Waals surface area contributed by atoms with E-state index in [1.807, 2.05) is 36.9 Å². The first-order chi connectivity index (χ1) is 16.5.